The summed E-state index contributed by atoms with van der Waals surface area (Å²) in [6.45, 7) is 8.84. The molecule has 0 radical (unpaired) electrons. The van der Waals surface area contributed by atoms with Crippen molar-refractivity contribution in [2.75, 3.05) is 0 Å². The van der Waals surface area contributed by atoms with Gasteiger partial charge in [-0.15, -0.1) is 0 Å². The van der Waals surface area contributed by atoms with Crippen molar-refractivity contribution in [3.8, 4) is 0 Å². The molecular weight excluding hydrogens is 234 g/mol. The van der Waals surface area contributed by atoms with Gasteiger partial charge in [0, 0.05) is 6.08 Å². The number of aliphatic hydroxyl groups is 1. The molecule has 0 aromatic carbocycles. The Labute approximate surface area is 107 Å². The molecule has 2 amide bonds. The second kappa shape index (κ2) is 5.10. The number of ether oxygens (including phenoxy) is 1. The number of carbonyl (C=O) groups is 2. The van der Waals surface area contributed by atoms with Gasteiger partial charge in [-0.3, -0.25) is 4.79 Å². The summed E-state index contributed by atoms with van der Waals surface area (Å²) in [5.41, 5.74) is -0.673. The van der Waals surface area contributed by atoms with Crippen LogP contribution in [0.5, 0.6) is 0 Å². The number of nitrogens with zero attached hydrogens (tertiary/aromatic N) is 1. The fraction of sp³-hybridized carbons (Fsp3) is 0.692. The number of carbonyl (C=O) groups excluding carboxylic acids is 2. The summed E-state index contributed by atoms with van der Waals surface area (Å²) in [7, 11) is 0. The summed E-state index contributed by atoms with van der Waals surface area (Å²) in [6, 6.07) is -0.646. The zero-order valence-corrected chi connectivity index (χ0v) is 11.5. The van der Waals surface area contributed by atoms with Gasteiger partial charge >= 0.3 is 6.09 Å². The van der Waals surface area contributed by atoms with Gasteiger partial charge in [0.1, 0.15) is 5.60 Å². The van der Waals surface area contributed by atoms with Gasteiger partial charge in [0.2, 0.25) is 0 Å². The SMILES string of the molecule is CC(C)[C@H](O)[C@@H]1C=CC(=O)N1C(=O)OC(C)(C)C. The summed E-state index contributed by atoms with van der Waals surface area (Å²) in [5.74, 6) is -0.510. The van der Waals surface area contributed by atoms with Crippen molar-refractivity contribution >= 4 is 12.0 Å². The standard InChI is InChI=1S/C13H21NO4/c1-8(2)11(16)9-6-7-10(15)14(9)12(17)18-13(3,4)5/h6-9,11,16H,1-5H3/t9-,11-/m0/s1. The Morgan fingerprint density at radius 3 is 2.44 bits per heavy atom. The number of imide groups is 1. The number of rotatable bonds is 2. The lowest BCUT2D eigenvalue weighted by atomic mass is 10.00. The number of amides is 2. The molecule has 5 heteroatoms. The summed E-state index contributed by atoms with van der Waals surface area (Å²) < 4.78 is 5.17. The van der Waals surface area contributed by atoms with Crippen LogP contribution in [0.3, 0.4) is 0 Å². The minimum atomic E-state index is -0.791. The molecule has 0 aromatic heterocycles. The van der Waals surface area contributed by atoms with E-state index in [9.17, 15) is 14.7 Å². The lowest BCUT2D eigenvalue weighted by molar-refractivity contribution is -0.127. The van der Waals surface area contributed by atoms with Gasteiger partial charge in [-0.1, -0.05) is 19.9 Å². The third kappa shape index (κ3) is 3.32. The van der Waals surface area contributed by atoms with Crippen LogP contribution in [0.2, 0.25) is 0 Å². The highest BCUT2D eigenvalue weighted by atomic mass is 16.6. The van der Waals surface area contributed by atoms with E-state index in [0.717, 1.165) is 4.90 Å². The van der Waals surface area contributed by atoms with Crippen LogP contribution in [0.15, 0.2) is 12.2 Å². The molecular formula is C13H21NO4. The average molecular weight is 255 g/mol. The van der Waals surface area contributed by atoms with Crippen molar-refractivity contribution in [2.45, 2.75) is 52.4 Å². The molecule has 0 saturated carbocycles. The molecule has 0 aromatic rings. The van der Waals surface area contributed by atoms with E-state index in [1.54, 1.807) is 20.8 Å². The van der Waals surface area contributed by atoms with E-state index in [1.807, 2.05) is 13.8 Å². The van der Waals surface area contributed by atoms with Crippen molar-refractivity contribution in [1.82, 2.24) is 4.90 Å². The lowest BCUT2D eigenvalue weighted by Crippen LogP contribution is -2.48. The summed E-state index contributed by atoms with van der Waals surface area (Å²) in [6.07, 6.45) is 1.32. The highest BCUT2D eigenvalue weighted by Gasteiger charge is 2.39. The second-order valence-electron chi connectivity index (χ2n) is 5.77. The van der Waals surface area contributed by atoms with Crippen molar-refractivity contribution in [1.29, 1.82) is 0 Å². The van der Waals surface area contributed by atoms with E-state index in [1.165, 1.54) is 12.2 Å². The summed E-state index contributed by atoms with van der Waals surface area (Å²) in [4.78, 5) is 24.6. The maximum Gasteiger partial charge on any atom is 0.417 e. The molecule has 0 unspecified atom stereocenters. The molecule has 0 aliphatic carbocycles. The van der Waals surface area contributed by atoms with E-state index in [2.05, 4.69) is 0 Å². The van der Waals surface area contributed by atoms with Gasteiger partial charge in [-0.05, 0) is 26.7 Å². The smallest absolute Gasteiger partial charge is 0.417 e. The molecule has 0 saturated heterocycles. The predicted octanol–water partition coefficient (Wildman–Crippen LogP) is 1.71. The first-order valence-electron chi connectivity index (χ1n) is 6.06. The van der Waals surface area contributed by atoms with Crippen LogP contribution in [-0.4, -0.2) is 39.8 Å². The summed E-state index contributed by atoms with van der Waals surface area (Å²) >= 11 is 0. The molecule has 1 aliphatic heterocycles. The van der Waals surface area contributed by atoms with E-state index in [4.69, 9.17) is 4.74 Å². The van der Waals surface area contributed by atoms with Crippen LogP contribution in [0.25, 0.3) is 0 Å². The number of aliphatic hydroxyl groups excluding tert-OH is 1. The monoisotopic (exact) mass is 255 g/mol. The Kier molecular flexibility index (Phi) is 4.16. The fourth-order valence-corrected chi connectivity index (χ4v) is 1.68. The van der Waals surface area contributed by atoms with Gasteiger partial charge in [0.15, 0.2) is 0 Å². The van der Waals surface area contributed by atoms with Crippen molar-refractivity contribution in [2.24, 2.45) is 5.92 Å². The molecule has 18 heavy (non-hydrogen) atoms. The maximum atomic E-state index is 11.9. The lowest BCUT2D eigenvalue weighted by Gasteiger charge is -2.30. The third-order valence-corrected chi connectivity index (χ3v) is 2.59. The Morgan fingerprint density at radius 2 is 2.00 bits per heavy atom. The molecule has 1 N–H and O–H groups in total. The molecule has 2 atom stereocenters. The zero-order chi connectivity index (χ0) is 14.1. The van der Waals surface area contributed by atoms with Crippen molar-refractivity contribution < 1.29 is 19.4 Å². The highest BCUT2D eigenvalue weighted by molar-refractivity contribution is 6.01. The zero-order valence-electron chi connectivity index (χ0n) is 11.5. The third-order valence-electron chi connectivity index (χ3n) is 2.59. The Bertz CT molecular complexity index is 368. The van der Waals surface area contributed by atoms with Crippen LogP contribution in [0.1, 0.15) is 34.6 Å². The Balaban J connectivity index is 2.85. The second-order valence-corrected chi connectivity index (χ2v) is 5.77. The Hall–Kier alpha value is -1.36. The van der Waals surface area contributed by atoms with Gasteiger partial charge in [-0.2, -0.15) is 0 Å². The molecule has 102 valence electrons. The van der Waals surface area contributed by atoms with Crippen LogP contribution in [0.4, 0.5) is 4.79 Å². The van der Waals surface area contributed by atoms with Crippen molar-refractivity contribution in [3.63, 3.8) is 0 Å². The van der Waals surface area contributed by atoms with E-state index < -0.39 is 29.7 Å². The first kappa shape index (κ1) is 14.7. The van der Waals surface area contributed by atoms with E-state index in [0.29, 0.717) is 0 Å². The molecule has 0 bridgehead atoms. The largest absolute Gasteiger partial charge is 0.443 e. The molecule has 0 fully saturated rings. The number of hydrogen-bond acceptors (Lipinski definition) is 4. The molecule has 1 aliphatic rings. The highest BCUT2D eigenvalue weighted by Crippen LogP contribution is 2.22. The first-order valence-corrected chi connectivity index (χ1v) is 6.06. The van der Waals surface area contributed by atoms with Crippen LogP contribution in [-0.2, 0) is 9.53 Å². The molecule has 0 spiro atoms. The fourth-order valence-electron chi connectivity index (χ4n) is 1.68. The van der Waals surface area contributed by atoms with E-state index >= 15 is 0 Å². The predicted molar refractivity (Wildman–Crippen MR) is 66.9 cm³/mol. The quantitative estimate of drug-likeness (QED) is 0.815. The number of hydrogen-bond donors (Lipinski definition) is 1. The van der Waals surface area contributed by atoms with Crippen LogP contribution in [0, 0.1) is 5.92 Å². The topological polar surface area (TPSA) is 66.8 Å². The summed E-state index contributed by atoms with van der Waals surface area (Å²) in [5, 5.41) is 10.0. The van der Waals surface area contributed by atoms with E-state index in [-0.39, 0.29) is 5.92 Å². The average Bonchev–Trinajstić information content (AvgIpc) is 2.56. The molecule has 1 heterocycles. The minimum Gasteiger partial charge on any atom is -0.443 e. The minimum absolute atomic E-state index is 0.0597. The van der Waals surface area contributed by atoms with Crippen LogP contribution < -0.4 is 0 Å². The molecule has 1 rings (SSSR count). The molecule has 5 nitrogen and oxygen atoms in total. The van der Waals surface area contributed by atoms with Gasteiger partial charge in [0.05, 0.1) is 12.1 Å². The van der Waals surface area contributed by atoms with Gasteiger partial charge in [-0.25, -0.2) is 9.69 Å². The first-order chi connectivity index (χ1) is 8.13. The van der Waals surface area contributed by atoms with Crippen LogP contribution >= 0.6 is 0 Å². The normalized spacial score (nSPS) is 21.6. The van der Waals surface area contributed by atoms with Gasteiger partial charge < -0.3 is 9.84 Å². The van der Waals surface area contributed by atoms with Crippen molar-refractivity contribution in [3.05, 3.63) is 12.2 Å². The van der Waals surface area contributed by atoms with Gasteiger partial charge in [0.25, 0.3) is 5.91 Å². The maximum absolute atomic E-state index is 11.9. The Morgan fingerprint density at radius 1 is 1.44 bits per heavy atom.